The number of alkyl halides is 4. The minimum absolute atomic E-state index is 0. The summed E-state index contributed by atoms with van der Waals surface area (Å²) >= 11 is 0. The van der Waals surface area contributed by atoms with Gasteiger partial charge in [0.15, 0.2) is 0 Å². The topological polar surface area (TPSA) is 0 Å². The average molecular weight is 355 g/mol. The van der Waals surface area contributed by atoms with Crippen LogP contribution in [0.4, 0.5) is 26.3 Å². The molecule has 0 N–H and O–H groups in total. The van der Waals surface area contributed by atoms with E-state index in [1.165, 1.54) is 0 Å². The summed E-state index contributed by atoms with van der Waals surface area (Å²) < 4.78 is 68.0. The van der Waals surface area contributed by atoms with Crippen molar-refractivity contribution in [1.82, 2.24) is 0 Å². The van der Waals surface area contributed by atoms with E-state index in [1.807, 2.05) is 0 Å². The van der Waals surface area contributed by atoms with Crippen LogP contribution >= 0.6 is 0 Å². The predicted octanol–water partition coefficient (Wildman–Crippen LogP) is 2.70. The van der Waals surface area contributed by atoms with E-state index in [0.29, 0.717) is 0 Å². The Balaban J connectivity index is 0. The van der Waals surface area contributed by atoms with E-state index in [1.54, 1.807) is 0 Å². The van der Waals surface area contributed by atoms with Gasteiger partial charge >= 0.3 is 19.8 Å². The molecule has 69 valence electrons. The third-order valence-corrected chi connectivity index (χ3v) is 0.789. The second kappa shape index (κ2) is 3.75. The van der Waals surface area contributed by atoms with Crippen LogP contribution in [0.2, 0.25) is 0 Å². The average Bonchev–Trinajstić information content (AvgIpc) is 1.62. The third-order valence-electron chi connectivity index (χ3n) is 0.789. The normalized spacial score (nSPS) is 13.1. The first-order valence-corrected chi connectivity index (χ1v) is 2.13. The minimum atomic E-state index is -5.31. The molecule has 1 radical (unpaired) electrons. The van der Waals surface area contributed by atoms with Gasteiger partial charge in [0.1, 0.15) is 0 Å². The Morgan fingerprint density at radius 1 is 1.00 bits per heavy atom. The molecule has 0 aromatic carbocycles. The van der Waals surface area contributed by atoms with Gasteiger partial charge in [0, 0.05) is 6.92 Å². The van der Waals surface area contributed by atoms with Gasteiger partial charge < -0.3 is 8.78 Å². The molecule has 7 heteroatoms. The van der Waals surface area contributed by atoms with Crippen molar-refractivity contribution in [1.29, 1.82) is 0 Å². The zero-order valence-electron chi connectivity index (χ0n) is 5.12. The Morgan fingerprint density at radius 3 is 1.27 bits per heavy atom. The van der Waals surface area contributed by atoms with Crippen LogP contribution in [-0.2, 0) is 19.8 Å². The van der Waals surface area contributed by atoms with E-state index in [-0.39, 0.29) is 26.7 Å². The van der Waals surface area contributed by atoms with Crippen molar-refractivity contribution in [3.8, 4) is 0 Å². The molecule has 11 heavy (non-hydrogen) atoms. The molecule has 0 bridgehead atoms. The van der Waals surface area contributed by atoms with Crippen molar-refractivity contribution in [2.24, 2.45) is 0 Å². The van der Waals surface area contributed by atoms with Gasteiger partial charge in [-0.2, -0.15) is 0 Å². The molecule has 0 saturated heterocycles. The Bertz CT molecular complexity index is 116. The molecule has 0 aliphatic carbocycles. The molecular weight excluding hydrogens is 352 g/mol. The Hall–Kier alpha value is 0.216. The maximum atomic E-state index is 11.5. The predicted molar refractivity (Wildman–Crippen MR) is 21.0 cm³/mol. The van der Waals surface area contributed by atoms with E-state index in [9.17, 15) is 26.3 Å². The molecule has 0 aliphatic heterocycles. The number of hydrogen-bond donors (Lipinski definition) is 0. The molecule has 0 fully saturated rings. The summed E-state index contributed by atoms with van der Waals surface area (Å²) in [5.41, 5.74) is 0. The maximum Gasteiger partial charge on any atom is 1.00 e. The fraction of sp³-hybridized carbons (Fsp3) is 0.750. The Morgan fingerprint density at radius 2 is 1.27 bits per heavy atom. The second-order valence-corrected chi connectivity index (χ2v) is 1.72. The summed E-state index contributed by atoms with van der Waals surface area (Å²) in [6, 6.07) is 0. The van der Waals surface area contributed by atoms with Crippen LogP contribution in [0.1, 0.15) is 6.92 Å². The van der Waals surface area contributed by atoms with E-state index < -0.39 is 18.3 Å². The first-order valence-electron chi connectivity index (χ1n) is 2.13. The monoisotopic (exact) mass is 357 g/mol. The van der Waals surface area contributed by atoms with Gasteiger partial charge in [0.05, 0.1) is 6.43 Å². The maximum absolute atomic E-state index is 11.5. The molecule has 0 heterocycles. The first-order chi connectivity index (χ1) is 4.19. The molecule has 0 rings (SSSR count). The van der Waals surface area contributed by atoms with Crippen LogP contribution in [0.5, 0.6) is 0 Å². The van der Waals surface area contributed by atoms with Gasteiger partial charge in [-0.25, -0.2) is 17.6 Å². The third kappa shape index (κ3) is 2.98. The zero-order chi connectivity index (χ0) is 8.58. The smallest absolute Gasteiger partial charge is 0.415 e. The largest absolute Gasteiger partial charge is 1.00 e. The van der Waals surface area contributed by atoms with Crippen molar-refractivity contribution in [2.45, 2.75) is 18.8 Å². The van der Waals surface area contributed by atoms with Crippen LogP contribution in [0.15, 0.2) is 0 Å². The van der Waals surface area contributed by atoms with Gasteiger partial charge in [0.25, 0.3) is 11.8 Å². The molecule has 0 unspecified atom stereocenters. The van der Waals surface area contributed by atoms with Crippen LogP contribution in [0.3, 0.4) is 0 Å². The number of rotatable bonds is 2. The molecule has 0 spiro atoms. The fourth-order valence-corrected chi connectivity index (χ4v) is 0.166. The van der Waals surface area contributed by atoms with Gasteiger partial charge in [0.2, 0.25) is 0 Å². The summed E-state index contributed by atoms with van der Waals surface area (Å²) in [6.45, 7) is -0.272. The van der Waals surface area contributed by atoms with E-state index >= 15 is 0 Å². The SMILES string of the molecule is CC(F)(F)C(F)(F)[C-](F)F.[Os+]. The van der Waals surface area contributed by atoms with Gasteiger partial charge in [-0.3, -0.25) is 0 Å². The zero-order valence-corrected chi connectivity index (χ0v) is 7.66. The van der Waals surface area contributed by atoms with Crippen LogP contribution in [-0.4, -0.2) is 11.8 Å². The van der Waals surface area contributed by atoms with Gasteiger partial charge in [-0.05, 0) is 0 Å². The summed E-state index contributed by atoms with van der Waals surface area (Å²) in [5, 5.41) is 0. The Labute approximate surface area is 72.0 Å². The molecule has 0 atom stereocenters. The van der Waals surface area contributed by atoms with Crippen molar-refractivity contribution in [2.75, 3.05) is 0 Å². The van der Waals surface area contributed by atoms with Crippen molar-refractivity contribution in [3.63, 3.8) is 0 Å². The summed E-state index contributed by atoms with van der Waals surface area (Å²) in [5.74, 6) is -10.0. The molecule has 0 nitrogen and oxygen atoms in total. The molecule has 0 aliphatic rings. The van der Waals surface area contributed by atoms with Crippen molar-refractivity contribution >= 4 is 0 Å². The van der Waals surface area contributed by atoms with Crippen molar-refractivity contribution in [3.05, 3.63) is 6.43 Å². The van der Waals surface area contributed by atoms with Crippen LogP contribution in [0.25, 0.3) is 0 Å². The molecule has 0 aromatic heterocycles. The summed E-state index contributed by atoms with van der Waals surface area (Å²) in [7, 11) is 0. The number of hydrogen-bond acceptors (Lipinski definition) is 0. The number of halogens is 6. The van der Waals surface area contributed by atoms with Crippen LogP contribution < -0.4 is 0 Å². The standard InChI is InChI=1S/C4H3F6.Os/c1-3(7,8)4(9,10)2(5)6;/h1H3;/q-1;+1. The second-order valence-electron chi connectivity index (χ2n) is 1.72. The molecule has 0 saturated carbocycles. The van der Waals surface area contributed by atoms with E-state index in [2.05, 4.69) is 0 Å². The Kier molecular flexibility index (Phi) is 4.70. The molecule has 0 amide bonds. The van der Waals surface area contributed by atoms with E-state index in [0.717, 1.165) is 0 Å². The molecular formula is C4H3F6Os. The minimum Gasteiger partial charge on any atom is -0.415 e. The molecule has 0 aromatic rings. The summed E-state index contributed by atoms with van der Waals surface area (Å²) in [4.78, 5) is 0. The van der Waals surface area contributed by atoms with Crippen LogP contribution in [0, 0.1) is 6.43 Å². The first kappa shape index (κ1) is 13.8. The van der Waals surface area contributed by atoms with E-state index in [4.69, 9.17) is 0 Å². The quantitative estimate of drug-likeness (QED) is 0.528. The fourth-order valence-electron chi connectivity index (χ4n) is 0.166. The summed E-state index contributed by atoms with van der Waals surface area (Å²) in [6.07, 6.45) is -3.57. The van der Waals surface area contributed by atoms with Crippen molar-refractivity contribution < 1.29 is 46.1 Å². The van der Waals surface area contributed by atoms with Gasteiger partial charge in [-0.15, -0.1) is 0 Å². The van der Waals surface area contributed by atoms with Gasteiger partial charge in [-0.1, -0.05) is 0 Å².